The molecule has 0 radical (unpaired) electrons. The summed E-state index contributed by atoms with van der Waals surface area (Å²) < 4.78 is 12.0. The molecule has 0 saturated carbocycles. The van der Waals surface area contributed by atoms with Gasteiger partial charge in [-0.2, -0.15) is 0 Å². The number of anilines is 2. The smallest absolute Gasteiger partial charge is 0.337 e. The molecule has 3 amide bonds. The summed E-state index contributed by atoms with van der Waals surface area (Å²) in [6.07, 6.45) is 3.94. The maximum absolute atomic E-state index is 12.7. The minimum Gasteiger partial charge on any atom is -0.490 e. The van der Waals surface area contributed by atoms with Crippen LogP contribution in [-0.2, 0) is 0 Å². The van der Waals surface area contributed by atoms with Gasteiger partial charge in [-0.1, -0.05) is 17.7 Å². The number of carbonyl (C=O) groups is 2. The number of amides is 3. The molecule has 0 aliphatic carbocycles. The molecule has 11 heteroatoms. The topological polar surface area (TPSA) is 117 Å². The molecule has 10 nitrogen and oxygen atoms in total. The van der Waals surface area contributed by atoms with Gasteiger partial charge in [0.25, 0.3) is 5.91 Å². The van der Waals surface area contributed by atoms with Crippen LogP contribution in [-0.4, -0.2) is 55.1 Å². The van der Waals surface area contributed by atoms with Crippen LogP contribution in [0.15, 0.2) is 48.7 Å². The van der Waals surface area contributed by atoms with E-state index < -0.39 is 6.03 Å². The van der Waals surface area contributed by atoms with Gasteiger partial charge in [-0.25, -0.2) is 4.79 Å². The van der Waals surface area contributed by atoms with Gasteiger partial charge in [0.1, 0.15) is 29.5 Å². The van der Waals surface area contributed by atoms with E-state index >= 15 is 0 Å². The Bertz CT molecular complexity index is 1330. The number of rotatable bonds is 10. The Hall–Kier alpha value is -4.02. The van der Waals surface area contributed by atoms with Crippen LogP contribution < -0.4 is 31.0 Å². The second-order valence-corrected chi connectivity index (χ2v) is 9.64. The van der Waals surface area contributed by atoms with Crippen molar-refractivity contribution in [3.05, 3.63) is 70.5 Å². The zero-order valence-corrected chi connectivity index (χ0v) is 23.0. The number of nitrogens with one attached hydrogen (secondary N) is 4. The molecule has 1 aromatic heterocycles. The number of halogens is 1. The predicted molar refractivity (Wildman–Crippen MR) is 152 cm³/mol. The van der Waals surface area contributed by atoms with Crippen LogP contribution in [0.1, 0.15) is 34.5 Å². The molecule has 0 bridgehead atoms. The van der Waals surface area contributed by atoms with E-state index in [1.54, 1.807) is 30.3 Å². The first-order valence-electron chi connectivity index (χ1n) is 12.8. The third-order valence-electron chi connectivity index (χ3n) is 6.30. The van der Waals surface area contributed by atoms with Crippen molar-refractivity contribution in [1.82, 2.24) is 20.6 Å². The van der Waals surface area contributed by atoms with Gasteiger partial charge in [-0.05, 0) is 69.1 Å². The summed E-state index contributed by atoms with van der Waals surface area (Å²) in [5.41, 5.74) is 8.59. The minimum atomic E-state index is -0.478. The van der Waals surface area contributed by atoms with Crippen LogP contribution in [0.2, 0.25) is 5.02 Å². The molecule has 206 valence electrons. The number of hydrogen-bond donors (Lipinski definition) is 4. The molecule has 2 heterocycles. The van der Waals surface area contributed by atoms with E-state index in [1.807, 2.05) is 26.0 Å². The first-order valence-corrected chi connectivity index (χ1v) is 13.1. The van der Waals surface area contributed by atoms with Gasteiger partial charge in [0, 0.05) is 43.0 Å². The van der Waals surface area contributed by atoms with Gasteiger partial charge in [-0.15, -0.1) is 0 Å². The minimum absolute atomic E-state index is 0.247. The Labute approximate surface area is 233 Å². The number of hydrogen-bond acceptors (Lipinski definition) is 7. The molecule has 1 aliphatic rings. The van der Waals surface area contributed by atoms with E-state index in [0.29, 0.717) is 40.3 Å². The van der Waals surface area contributed by atoms with Crippen molar-refractivity contribution in [2.45, 2.75) is 26.7 Å². The largest absolute Gasteiger partial charge is 0.490 e. The molecule has 1 saturated heterocycles. The SMILES string of the molecule is CNC(=O)c1cc(Oc2cc(NNC(=O)Nc3cc(C)c(Cl)cc3OCCN3CCCC3)ccc2C)ccn1. The molecule has 2 aromatic carbocycles. The fraction of sp³-hybridized carbons (Fsp3) is 0.321. The average Bonchev–Trinajstić information content (AvgIpc) is 3.45. The molecule has 4 N–H and O–H groups in total. The number of aryl methyl sites for hydroxylation is 2. The first-order chi connectivity index (χ1) is 18.8. The van der Waals surface area contributed by atoms with Gasteiger partial charge in [0.15, 0.2) is 0 Å². The molecule has 0 unspecified atom stereocenters. The Morgan fingerprint density at radius 2 is 1.82 bits per heavy atom. The van der Waals surface area contributed by atoms with Gasteiger partial charge < -0.3 is 20.1 Å². The van der Waals surface area contributed by atoms with Crippen molar-refractivity contribution in [3.8, 4) is 17.2 Å². The third-order valence-corrected chi connectivity index (χ3v) is 6.71. The van der Waals surface area contributed by atoms with Crippen LogP contribution in [0.4, 0.5) is 16.2 Å². The van der Waals surface area contributed by atoms with Crippen molar-refractivity contribution in [3.63, 3.8) is 0 Å². The van der Waals surface area contributed by atoms with E-state index in [0.717, 1.165) is 30.8 Å². The molecule has 1 fully saturated rings. The fourth-order valence-electron chi connectivity index (χ4n) is 4.10. The zero-order chi connectivity index (χ0) is 27.8. The Kier molecular flexibility index (Phi) is 9.45. The average molecular weight is 553 g/mol. The number of urea groups is 1. The van der Waals surface area contributed by atoms with Crippen molar-refractivity contribution in [1.29, 1.82) is 0 Å². The van der Waals surface area contributed by atoms with Crippen LogP contribution in [0.3, 0.4) is 0 Å². The van der Waals surface area contributed by atoms with Crippen molar-refractivity contribution >= 4 is 34.9 Å². The van der Waals surface area contributed by atoms with E-state index in [1.165, 1.54) is 26.1 Å². The number of pyridine rings is 1. The number of nitrogens with zero attached hydrogens (tertiary/aromatic N) is 2. The Balaban J connectivity index is 1.37. The lowest BCUT2D eigenvalue weighted by atomic mass is 10.2. The molecular formula is C28H33ClN6O4. The van der Waals surface area contributed by atoms with Crippen molar-refractivity contribution < 1.29 is 19.1 Å². The summed E-state index contributed by atoms with van der Waals surface area (Å²) in [6, 6.07) is 11.7. The van der Waals surface area contributed by atoms with Crippen LogP contribution in [0.5, 0.6) is 17.2 Å². The lowest BCUT2D eigenvalue weighted by Gasteiger charge is -2.18. The Morgan fingerprint density at radius 3 is 2.59 bits per heavy atom. The number of hydrazine groups is 1. The van der Waals surface area contributed by atoms with Crippen LogP contribution in [0.25, 0.3) is 0 Å². The summed E-state index contributed by atoms with van der Waals surface area (Å²) in [4.78, 5) is 31.0. The van der Waals surface area contributed by atoms with E-state index in [4.69, 9.17) is 21.1 Å². The second kappa shape index (κ2) is 13.2. The summed E-state index contributed by atoms with van der Waals surface area (Å²) in [5, 5.41) is 5.94. The third kappa shape index (κ3) is 7.75. The predicted octanol–water partition coefficient (Wildman–Crippen LogP) is 5.13. The van der Waals surface area contributed by atoms with E-state index in [2.05, 4.69) is 31.4 Å². The van der Waals surface area contributed by atoms with E-state index in [9.17, 15) is 9.59 Å². The standard InChI is InChI=1S/C28H33ClN6O4/c1-18-6-7-20(15-25(18)39-21-8-9-31-24(16-21)27(36)30-3)33-34-28(37)32-23-14-19(2)22(29)17-26(23)38-13-12-35-10-4-5-11-35/h6-9,14-17,33H,4-5,10-13H2,1-3H3,(H,30,36)(H2,32,34,37). The maximum atomic E-state index is 12.7. The van der Waals surface area contributed by atoms with Crippen molar-refractivity contribution in [2.24, 2.45) is 0 Å². The summed E-state index contributed by atoms with van der Waals surface area (Å²) in [6.45, 7) is 7.26. The zero-order valence-electron chi connectivity index (χ0n) is 22.3. The van der Waals surface area contributed by atoms with Crippen molar-refractivity contribution in [2.75, 3.05) is 44.0 Å². The molecule has 4 rings (SSSR count). The lowest BCUT2D eigenvalue weighted by molar-refractivity contribution is 0.0957. The van der Waals surface area contributed by atoms with Gasteiger partial charge >= 0.3 is 6.03 Å². The maximum Gasteiger partial charge on any atom is 0.337 e. The highest BCUT2D eigenvalue weighted by Gasteiger charge is 2.14. The molecule has 0 spiro atoms. The number of aromatic nitrogens is 1. The quantitative estimate of drug-likeness (QED) is 0.258. The summed E-state index contributed by atoms with van der Waals surface area (Å²) >= 11 is 6.32. The van der Waals surface area contributed by atoms with E-state index in [-0.39, 0.29) is 11.6 Å². The first kappa shape index (κ1) is 28.0. The summed E-state index contributed by atoms with van der Waals surface area (Å²) in [5.74, 6) is 1.22. The fourth-order valence-corrected chi connectivity index (χ4v) is 4.25. The summed E-state index contributed by atoms with van der Waals surface area (Å²) in [7, 11) is 1.54. The highest BCUT2D eigenvalue weighted by atomic mass is 35.5. The molecule has 39 heavy (non-hydrogen) atoms. The van der Waals surface area contributed by atoms with Gasteiger partial charge in [-0.3, -0.25) is 25.5 Å². The number of benzene rings is 2. The highest BCUT2D eigenvalue weighted by Crippen LogP contribution is 2.32. The van der Waals surface area contributed by atoms with Crippen LogP contribution >= 0.6 is 11.6 Å². The molecular weight excluding hydrogens is 520 g/mol. The lowest BCUT2D eigenvalue weighted by Crippen LogP contribution is -2.33. The number of likely N-dealkylation sites (tertiary alicyclic amines) is 1. The number of ether oxygens (including phenoxy) is 2. The molecule has 3 aromatic rings. The molecule has 0 atom stereocenters. The molecule has 1 aliphatic heterocycles. The highest BCUT2D eigenvalue weighted by molar-refractivity contribution is 6.31. The Morgan fingerprint density at radius 1 is 1.03 bits per heavy atom. The second-order valence-electron chi connectivity index (χ2n) is 9.24. The van der Waals surface area contributed by atoms with Gasteiger partial charge in [0.2, 0.25) is 0 Å². The normalized spacial score (nSPS) is 13.0. The van der Waals surface area contributed by atoms with Crippen LogP contribution in [0, 0.1) is 13.8 Å². The number of carbonyl (C=O) groups excluding carboxylic acids is 2. The van der Waals surface area contributed by atoms with Gasteiger partial charge in [0.05, 0.1) is 11.4 Å². The monoisotopic (exact) mass is 552 g/mol.